The van der Waals surface area contributed by atoms with Gasteiger partial charge in [0.15, 0.2) is 0 Å². The van der Waals surface area contributed by atoms with Crippen LogP contribution >= 0.6 is 0 Å². The fourth-order valence-electron chi connectivity index (χ4n) is 3.16. The van der Waals surface area contributed by atoms with Gasteiger partial charge in [-0.05, 0) is 24.6 Å². The number of hydrogen-bond donors (Lipinski definition) is 2. The lowest BCUT2D eigenvalue weighted by Gasteiger charge is -2.23. The molecule has 0 aliphatic carbocycles. The largest absolute Gasteiger partial charge is 0.326 e. The van der Waals surface area contributed by atoms with Crippen LogP contribution in [0.15, 0.2) is 60.7 Å². The highest BCUT2D eigenvalue weighted by Gasteiger charge is 2.35. The number of carbonyl (C=O) groups excluding carboxylic acids is 1. The Kier molecular flexibility index (Phi) is 4.74. The number of rotatable bonds is 4. The van der Waals surface area contributed by atoms with E-state index in [1.807, 2.05) is 55.5 Å². The molecule has 0 spiro atoms. The number of nitrogens with one attached hydrogen (secondary N) is 1. The molecule has 1 aliphatic heterocycles. The topological polar surface area (TPSA) is 58.4 Å². The normalized spacial score (nSPS) is 22.7. The summed E-state index contributed by atoms with van der Waals surface area (Å²) in [5.74, 6) is 0.292. The summed E-state index contributed by atoms with van der Waals surface area (Å²) in [5, 5.41) is 2.97. The van der Waals surface area contributed by atoms with Crippen LogP contribution in [-0.4, -0.2) is 36.0 Å². The highest BCUT2D eigenvalue weighted by atomic mass is 16.2. The van der Waals surface area contributed by atoms with E-state index < -0.39 is 0 Å². The van der Waals surface area contributed by atoms with Crippen LogP contribution in [0.1, 0.15) is 18.4 Å². The first-order valence-corrected chi connectivity index (χ1v) is 8.05. The molecule has 1 aliphatic rings. The van der Waals surface area contributed by atoms with Crippen LogP contribution in [0.3, 0.4) is 0 Å². The second-order valence-corrected chi connectivity index (χ2v) is 6.17. The molecule has 0 radical (unpaired) electrons. The lowest BCUT2D eigenvalue weighted by atomic mass is 9.95. The van der Waals surface area contributed by atoms with Gasteiger partial charge in [-0.2, -0.15) is 0 Å². The second kappa shape index (κ2) is 6.94. The van der Waals surface area contributed by atoms with E-state index in [0.717, 1.165) is 18.8 Å². The third kappa shape index (κ3) is 3.60. The van der Waals surface area contributed by atoms with Crippen LogP contribution in [0.5, 0.6) is 0 Å². The summed E-state index contributed by atoms with van der Waals surface area (Å²) in [6.45, 7) is 3.50. The van der Waals surface area contributed by atoms with E-state index in [0.29, 0.717) is 0 Å². The zero-order chi connectivity index (χ0) is 16.2. The standard InChI is InChI=1S/C19H23N3O/c1-14(19(23)21-16-10-6-3-7-11-16)22-12-17(18(20)13-22)15-8-4-2-5-9-15/h2-11,14,17-18H,12-13,20H2,1H3,(H,21,23)/t14?,17-,18+/m0/s1. The summed E-state index contributed by atoms with van der Waals surface area (Å²) >= 11 is 0. The number of anilines is 1. The first-order valence-electron chi connectivity index (χ1n) is 8.05. The molecule has 1 unspecified atom stereocenters. The zero-order valence-electron chi connectivity index (χ0n) is 13.4. The van der Waals surface area contributed by atoms with Crippen LogP contribution in [0.4, 0.5) is 5.69 Å². The Balaban J connectivity index is 1.64. The SMILES string of the molecule is CC(C(=O)Nc1ccccc1)N1C[C@@H](N)[C@H](c2ccccc2)C1. The fraction of sp³-hybridized carbons (Fsp3) is 0.316. The van der Waals surface area contributed by atoms with Crippen LogP contribution in [-0.2, 0) is 4.79 Å². The van der Waals surface area contributed by atoms with Crippen molar-refractivity contribution in [2.75, 3.05) is 18.4 Å². The summed E-state index contributed by atoms with van der Waals surface area (Å²) in [6.07, 6.45) is 0. The van der Waals surface area contributed by atoms with Crippen molar-refractivity contribution in [3.8, 4) is 0 Å². The van der Waals surface area contributed by atoms with Crippen molar-refractivity contribution < 1.29 is 4.79 Å². The van der Waals surface area contributed by atoms with Crippen molar-refractivity contribution in [3.05, 3.63) is 66.2 Å². The van der Waals surface area contributed by atoms with E-state index in [1.165, 1.54) is 5.56 Å². The molecule has 2 aromatic carbocycles. The van der Waals surface area contributed by atoms with Gasteiger partial charge < -0.3 is 11.1 Å². The Morgan fingerprint density at radius 2 is 1.70 bits per heavy atom. The highest BCUT2D eigenvalue weighted by Crippen LogP contribution is 2.27. The Morgan fingerprint density at radius 3 is 2.35 bits per heavy atom. The number of para-hydroxylation sites is 1. The number of hydrogen-bond acceptors (Lipinski definition) is 3. The molecule has 120 valence electrons. The minimum atomic E-state index is -0.199. The first-order chi connectivity index (χ1) is 11.1. The molecular weight excluding hydrogens is 286 g/mol. The van der Waals surface area contributed by atoms with Crippen molar-refractivity contribution in [1.29, 1.82) is 0 Å². The Hall–Kier alpha value is -2.17. The number of benzene rings is 2. The monoisotopic (exact) mass is 309 g/mol. The van der Waals surface area contributed by atoms with E-state index in [-0.39, 0.29) is 23.9 Å². The molecule has 23 heavy (non-hydrogen) atoms. The number of amides is 1. The smallest absolute Gasteiger partial charge is 0.241 e. The molecule has 4 heteroatoms. The van der Waals surface area contributed by atoms with E-state index in [9.17, 15) is 4.79 Å². The van der Waals surface area contributed by atoms with E-state index in [2.05, 4.69) is 22.3 Å². The maximum atomic E-state index is 12.5. The molecule has 1 heterocycles. The van der Waals surface area contributed by atoms with Gasteiger partial charge in [0.2, 0.25) is 5.91 Å². The fourth-order valence-corrected chi connectivity index (χ4v) is 3.16. The molecule has 0 aromatic heterocycles. The molecule has 1 amide bonds. The zero-order valence-corrected chi connectivity index (χ0v) is 13.4. The Morgan fingerprint density at radius 1 is 1.09 bits per heavy atom. The molecular formula is C19H23N3O. The molecule has 1 saturated heterocycles. The maximum absolute atomic E-state index is 12.5. The third-order valence-corrected chi connectivity index (χ3v) is 4.59. The van der Waals surface area contributed by atoms with Gasteiger partial charge in [0.1, 0.15) is 0 Å². The maximum Gasteiger partial charge on any atom is 0.241 e. The van der Waals surface area contributed by atoms with Gasteiger partial charge in [0, 0.05) is 30.7 Å². The summed E-state index contributed by atoms with van der Waals surface area (Å²) in [5.41, 5.74) is 8.39. The predicted molar refractivity (Wildman–Crippen MR) is 93.3 cm³/mol. The van der Waals surface area contributed by atoms with Gasteiger partial charge >= 0.3 is 0 Å². The Labute approximate surface area is 137 Å². The van der Waals surface area contributed by atoms with Gasteiger partial charge in [-0.1, -0.05) is 48.5 Å². The van der Waals surface area contributed by atoms with Gasteiger partial charge in [-0.3, -0.25) is 9.69 Å². The van der Waals surface area contributed by atoms with Crippen LogP contribution in [0, 0.1) is 0 Å². The summed E-state index contributed by atoms with van der Waals surface area (Å²) in [6, 6.07) is 19.7. The molecule has 3 rings (SSSR count). The summed E-state index contributed by atoms with van der Waals surface area (Å²) < 4.78 is 0. The number of nitrogens with two attached hydrogens (primary N) is 1. The van der Waals surface area contributed by atoms with Crippen LogP contribution in [0.25, 0.3) is 0 Å². The molecule has 3 N–H and O–H groups in total. The lowest BCUT2D eigenvalue weighted by molar-refractivity contribution is -0.120. The lowest BCUT2D eigenvalue weighted by Crippen LogP contribution is -2.41. The van der Waals surface area contributed by atoms with Crippen molar-refractivity contribution in [2.24, 2.45) is 5.73 Å². The number of likely N-dealkylation sites (tertiary alicyclic amines) is 1. The van der Waals surface area contributed by atoms with E-state index in [4.69, 9.17) is 5.73 Å². The molecule has 1 fully saturated rings. The minimum Gasteiger partial charge on any atom is -0.326 e. The summed E-state index contributed by atoms with van der Waals surface area (Å²) in [7, 11) is 0. The van der Waals surface area contributed by atoms with Crippen molar-refractivity contribution in [1.82, 2.24) is 4.90 Å². The van der Waals surface area contributed by atoms with Crippen molar-refractivity contribution in [3.63, 3.8) is 0 Å². The minimum absolute atomic E-state index is 0.0112. The van der Waals surface area contributed by atoms with E-state index >= 15 is 0 Å². The average molecular weight is 309 g/mol. The molecule has 0 saturated carbocycles. The third-order valence-electron chi connectivity index (χ3n) is 4.59. The highest BCUT2D eigenvalue weighted by molar-refractivity contribution is 5.94. The molecule has 3 atom stereocenters. The van der Waals surface area contributed by atoms with Crippen LogP contribution in [0.2, 0.25) is 0 Å². The quantitative estimate of drug-likeness (QED) is 0.912. The first kappa shape index (κ1) is 15.7. The molecule has 4 nitrogen and oxygen atoms in total. The van der Waals surface area contributed by atoms with Crippen molar-refractivity contribution in [2.45, 2.75) is 24.9 Å². The molecule has 2 aromatic rings. The second-order valence-electron chi connectivity index (χ2n) is 6.17. The predicted octanol–water partition coefficient (Wildman–Crippen LogP) is 2.44. The number of carbonyl (C=O) groups is 1. The van der Waals surface area contributed by atoms with Crippen LogP contribution < -0.4 is 11.1 Å². The van der Waals surface area contributed by atoms with Gasteiger partial charge in [0.05, 0.1) is 6.04 Å². The average Bonchev–Trinajstić information content (AvgIpc) is 2.97. The molecule has 0 bridgehead atoms. The number of nitrogens with zero attached hydrogens (tertiary/aromatic N) is 1. The van der Waals surface area contributed by atoms with Crippen molar-refractivity contribution >= 4 is 11.6 Å². The van der Waals surface area contributed by atoms with Gasteiger partial charge in [-0.25, -0.2) is 0 Å². The van der Waals surface area contributed by atoms with Gasteiger partial charge in [-0.15, -0.1) is 0 Å². The van der Waals surface area contributed by atoms with E-state index in [1.54, 1.807) is 0 Å². The Bertz CT molecular complexity index is 644. The summed E-state index contributed by atoms with van der Waals surface area (Å²) in [4.78, 5) is 14.6. The van der Waals surface area contributed by atoms with Gasteiger partial charge in [0.25, 0.3) is 0 Å².